The van der Waals surface area contributed by atoms with E-state index >= 15 is 0 Å². The molecule has 20 heavy (non-hydrogen) atoms. The molecule has 1 fully saturated rings. The summed E-state index contributed by atoms with van der Waals surface area (Å²) in [5.74, 6) is 0.611. The molecule has 1 saturated carbocycles. The summed E-state index contributed by atoms with van der Waals surface area (Å²) >= 11 is 0. The standard InChI is InChI=1S/C18H20FN/c1-13(16-7-4-5-9-18(16)19)20-12-15-6-2-3-8-17(15)14-10-11-14/h2-9,13-14,20H,10-12H2,1H3. The molecule has 0 heterocycles. The molecular formula is C18H20FN. The van der Waals surface area contributed by atoms with Crippen LogP contribution in [-0.4, -0.2) is 0 Å². The second kappa shape index (κ2) is 5.76. The first-order valence-electron chi connectivity index (χ1n) is 7.31. The summed E-state index contributed by atoms with van der Waals surface area (Å²) in [4.78, 5) is 0. The van der Waals surface area contributed by atoms with Gasteiger partial charge in [-0.25, -0.2) is 4.39 Å². The fourth-order valence-corrected chi connectivity index (χ4v) is 2.69. The van der Waals surface area contributed by atoms with Gasteiger partial charge < -0.3 is 5.32 Å². The number of benzene rings is 2. The van der Waals surface area contributed by atoms with E-state index in [2.05, 4.69) is 29.6 Å². The third kappa shape index (κ3) is 2.91. The van der Waals surface area contributed by atoms with Gasteiger partial charge in [-0.3, -0.25) is 0 Å². The molecule has 1 aliphatic carbocycles. The van der Waals surface area contributed by atoms with E-state index in [0.29, 0.717) is 0 Å². The van der Waals surface area contributed by atoms with Gasteiger partial charge in [-0.05, 0) is 42.9 Å². The Bertz CT molecular complexity index is 589. The summed E-state index contributed by atoms with van der Waals surface area (Å²) in [5.41, 5.74) is 3.54. The minimum absolute atomic E-state index is 0.0171. The molecule has 0 aliphatic heterocycles. The summed E-state index contributed by atoms with van der Waals surface area (Å²) in [6.45, 7) is 2.81. The molecule has 2 aromatic rings. The van der Waals surface area contributed by atoms with Crippen LogP contribution in [0.3, 0.4) is 0 Å². The highest BCUT2D eigenvalue weighted by atomic mass is 19.1. The monoisotopic (exact) mass is 269 g/mol. The topological polar surface area (TPSA) is 12.0 Å². The van der Waals surface area contributed by atoms with E-state index in [1.807, 2.05) is 19.1 Å². The van der Waals surface area contributed by atoms with Crippen LogP contribution in [0.1, 0.15) is 48.4 Å². The zero-order chi connectivity index (χ0) is 13.9. The summed E-state index contributed by atoms with van der Waals surface area (Å²) in [5, 5.41) is 3.44. The smallest absolute Gasteiger partial charge is 0.127 e. The molecule has 0 bridgehead atoms. The first-order valence-corrected chi connectivity index (χ1v) is 7.31. The summed E-state index contributed by atoms with van der Waals surface area (Å²) in [6, 6.07) is 15.6. The second-order valence-corrected chi connectivity index (χ2v) is 5.60. The van der Waals surface area contributed by atoms with Crippen LogP contribution >= 0.6 is 0 Å². The van der Waals surface area contributed by atoms with Crippen LogP contribution in [0.25, 0.3) is 0 Å². The van der Waals surface area contributed by atoms with Crippen molar-refractivity contribution in [3.63, 3.8) is 0 Å². The van der Waals surface area contributed by atoms with E-state index in [-0.39, 0.29) is 11.9 Å². The summed E-state index contributed by atoms with van der Waals surface area (Å²) in [6.07, 6.45) is 2.61. The van der Waals surface area contributed by atoms with Crippen molar-refractivity contribution in [2.75, 3.05) is 0 Å². The molecule has 1 atom stereocenters. The van der Waals surface area contributed by atoms with E-state index in [9.17, 15) is 4.39 Å². The van der Waals surface area contributed by atoms with Crippen molar-refractivity contribution in [3.8, 4) is 0 Å². The minimum atomic E-state index is -0.136. The van der Waals surface area contributed by atoms with Crippen LogP contribution in [0.4, 0.5) is 4.39 Å². The molecule has 104 valence electrons. The quantitative estimate of drug-likeness (QED) is 0.839. The van der Waals surface area contributed by atoms with Crippen molar-refractivity contribution in [2.24, 2.45) is 0 Å². The zero-order valence-electron chi connectivity index (χ0n) is 11.8. The molecule has 1 aliphatic rings. The van der Waals surface area contributed by atoms with Crippen LogP contribution in [0.2, 0.25) is 0 Å². The Morgan fingerprint density at radius 2 is 1.80 bits per heavy atom. The molecular weight excluding hydrogens is 249 g/mol. The van der Waals surface area contributed by atoms with Crippen LogP contribution in [0, 0.1) is 5.82 Å². The third-order valence-electron chi connectivity index (χ3n) is 4.04. The van der Waals surface area contributed by atoms with Crippen molar-refractivity contribution in [1.82, 2.24) is 5.32 Å². The van der Waals surface area contributed by atoms with Gasteiger partial charge in [-0.1, -0.05) is 42.5 Å². The maximum Gasteiger partial charge on any atom is 0.127 e. The van der Waals surface area contributed by atoms with Gasteiger partial charge in [-0.2, -0.15) is 0 Å². The highest BCUT2D eigenvalue weighted by Crippen LogP contribution is 2.41. The fraction of sp³-hybridized carbons (Fsp3) is 0.333. The number of halogens is 1. The summed E-state index contributed by atoms with van der Waals surface area (Å²) < 4.78 is 13.7. The number of hydrogen-bond acceptors (Lipinski definition) is 1. The largest absolute Gasteiger partial charge is 0.306 e. The predicted molar refractivity (Wildman–Crippen MR) is 80.1 cm³/mol. The summed E-state index contributed by atoms with van der Waals surface area (Å²) in [7, 11) is 0. The maximum atomic E-state index is 13.7. The fourth-order valence-electron chi connectivity index (χ4n) is 2.69. The number of rotatable bonds is 5. The maximum absolute atomic E-state index is 13.7. The molecule has 1 N–H and O–H groups in total. The van der Waals surface area contributed by atoms with E-state index < -0.39 is 0 Å². The van der Waals surface area contributed by atoms with Crippen LogP contribution < -0.4 is 5.32 Å². The van der Waals surface area contributed by atoms with Gasteiger partial charge in [0.2, 0.25) is 0 Å². The van der Waals surface area contributed by atoms with Crippen LogP contribution in [0.5, 0.6) is 0 Å². The van der Waals surface area contributed by atoms with Crippen LogP contribution in [-0.2, 0) is 6.54 Å². The number of nitrogens with one attached hydrogen (secondary N) is 1. The van der Waals surface area contributed by atoms with Crippen molar-refractivity contribution >= 4 is 0 Å². The minimum Gasteiger partial charge on any atom is -0.306 e. The molecule has 0 aromatic heterocycles. The molecule has 0 saturated heterocycles. The van der Waals surface area contributed by atoms with Gasteiger partial charge in [0.15, 0.2) is 0 Å². The highest BCUT2D eigenvalue weighted by Gasteiger charge is 2.25. The van der Waals surface area contributed by atoms with Crippen molar-refractivity contribution in [1.29, 1.82) is 0 Å². The van der Waals surface area contributed by atoms with Gasteiger partial charge in [0.1, 0.15) is 5.82 Å². The molecule has 0 spiro atoms. The average Bonchev–Trinajstić information content (AvgIpc) is 3.30. The molecule has 2 aromatic carbocycles. The van der Waals surface area contributed by atoms with Gasteiger partial charge in [0, 0.05) is 18.2 Å². The van der Waals surface area contributed by atoms with E-state index in [4.69, 9.17) is 0 Å². The lowest BCUT2D eigenvalue weighted by Crippen LogP contribution is -2.19. The molecule has 1 nitrogen and oxygen atoms in total. The third-order valence-corrected chi connectivity index (χ3v) is 4.04. The molecule has 3 rings (SSSR count). The molecule has 1 unspecified atom stereocenters. The predicted octanol–water partition coefficient (Wildman–Crippen LogP) is 4.55. The molecule has 0 radical (unpaired) electrons. The Labute approximate surface area is 119 Å². The Balaban J connectivity index is 1.69. The van der Waals surface area contributed by atoms with E-state index in [1.54, 1.807) is 6.07 Å². The second-order valence-electron chi connectivity index (χ2n) is 5.60. The highest BCUT2D eigenvalue weighted by molar-refractivity contribution is 5.33. The SMILES string of the molecule is CC(NCc1ccccc1C1CC1)c1ccccc1F. The van der Waals surface area contributed by atoms with Gasteiger partial charge in [-0.15, -0.1) is 0 Å². The number of hydrogen-bond donors (Lipinski definition) is 1. The van der Waals surface area contributed by atoms with Gasteiger partial charge in [0.25, 0.3) is 0 Å². The Hall–Kier alpha value is -1.67. The lowest BCUT2D eigenvalue weighted by Gasteiger charge is -2.16. The van der Waals surface area contributed by atoms with Crippen molar-refractivity contribution in [3.05, 3.63) is 71.0 Å². The van der Waals surface area contributed by atoms with Crippen LogP contribution in [0.15, 0.2) is 48.5 Å². The van der Waals surface area contributed by atoms with Crippen molar-refractivity contribution < 1.29 is 4.39 Å². The molecule has 0 amide bonds. The first kappa shape index (κ1) is 13.3. The van der Waals surface area contributed by atoms with E-state index in [1.165, 1.54) is 30.0 Å². The average molecular weight is 269 g/mol. The Morgan fingerprint density at radius 3 is 2.55 bits per heavy atom. The Morgan fingerprint density at radius 1 is 1.10 bits per heavy atom. The molecule has 2 heteroatoms. The lowest BCUT2D eigenvalue weighted by atomic mass is 10.0. The Kier molecular flexibility index (Phi) is 3.83. The van der Waals surface area contributed by atoms with Gasteiger partial charge >= 0.3 is 0 Å². The van der Waals surface area contributed by atoms with Gasteiger partial charge in [0.05, 0.1) is 0 Å². The van der Waals surface area contributed by atoms with Crippen molar-refractivity contribution in [2.45, 2.75) is 38.3 Å². The zero-order valence-corrected chi connectivity index (χ0v) is 11.8. The first-order chi connectivity index (χ1) is 9.75. The lowest BCUT2D eigenvalue weighted by molar-refractivity contribution is 0.527. The van der Waals surface area contributed by atoms with E-state index in [0.717, 1.165) is 18.0 Å². The normalized spacial score (nSPS) is 16.1.